The van der Waals surface area contributed by atoms with Crippen molar-refractivity contribution in [3.63, 3.8) is 0 Å². The molecule has 1 saturated heterocycles. The maximum atomic E-state index is 12.6. The molecule has 28 heavy (non-hydrogen) atoms. The molecule has 1 amide bonds. The summed E-state index contributed by atoms with van der Waals surface area (Å²) in [5.74, 6) is 0.213. The molecule has 2 aromatic rings. The number of ether oxygens (including phenoxy) is 1. The zero-order chi connectivity index (χ0) is 19.6. The summed E-state index contributed by atoms with van der Waals surface area (Å²) in [6.45, 7) is 1.45. The molecule has 1 aliphatic carbocycles. The van der Waals surface area contributed by atoms with Crippen LogP contribution in [-0.4, -0.2) is 48.3 Å². The van der Waals surface area contributed by atoms with Crippen LogP contribution in [0.3, 0.4) is 0 Å². The van der Waals surface area contributed by atoms with Gasteiger partial charge in [0.1, 0.15) is 0 Å². The number of hydrogen-bond acceptors (Lipinski definition) is 3. The van der Waals surface area contributed by atoms with Gasteiger partial charge in [0.2, 0.25) is 5.91 Å². The first-order valence-corrected chi connectivity index (χ1v) is 10.3. The Morgan fingerprint density at radius 2 is 1.71 bits per heavy atom. The fourth-order valence-electron chi connectivity index (χ4n) is 4.79. The molecule has 148 valence electrons. The lowest BCUT2D eigenvalue weighted by molar-refractivity contribution is -0.202. The van der Waals surface area contributed by atoms with Gasteiger partial charge in [0.15, 0.2) is 0 Å². The number of hydrogen-bond donors (Lipinski definition) is 1. The van der Waals surface area contributed by atoms with Crippen LogP contribution in [0.5, 0.6) is 0 Å². The first-order chi connectivity index (χ1) is 13.6. The van der Waals surface area contributed by atoms with Crippen LogP contribution in [0.1, 0.15) is 31.2 Å². The third kappa shape index (κ3) is 3.59. The second kappa shape index (κ2) is 8.06. The highest BCUT2D eigenvalue weighted by atomic mass is 16.5. The molecule has 2 aromatic carbocycles. The molecule has 0 radical (unpaired) electrons. The molecule has 4 nitrogen and oxygen atoms in total. The predicted octanol–water partition coefficient (Wildman–Crippen LogP) is 3.67. The minimum Gasteiger partial charge on any atom is -0.392 e. The van der Waals surface area contributed by atoms with Crippen molar-refractivity contribution >= 4 is 5.91 Å². The maximum Gasteiger partial charge on any atom is 0.222 e. The van der Waals surface area contributed by atoms with Gasteiger partial charge in [0.05, 0.1) is 12.2 Å². The van der Waals surface area contributed by atoms with E-state index < -0.39 is 0 Å². The summed E-state index contributed by atoms with van der Waals surface area (Å²) in [6, 6.07) is 18.8. The van der Waals surface area contributed by atoms with E-state index in [2.05, 4.69) is 36.4 Å². The molecule has 2 aliphatic rings. The summed E-state index contributed by atoms with van der Waals surface area (Å²) < 4.78 is 5.53. The summed E-state index contributed by atoms with van der Waals surface area (Å²) >= 11 is 0. The number of carbonyl (C=O) groups is 1. The highest BCUT2D eigenvalue weighted by Crippen LogP contribution is 2.50. The third-order valence-electron chi connectivity index (χ3n) is 6.76. The van der Waals surface area contributed by atoms with Crippen molar-refractivity contribution in [1.82, 2.24) is 4.90 Å². The van der Waals surface area contributed by atoms with Gasteiger partial charge >= 0.3 is 0 Å². The van der Waals surface area contributed by atoms with Crippen molar-refractivity contribution in [3.05, 3.63) is 60.2 Å². The van der Waals surface area contributed by atoms with Crippen molar-refractivity contribution in [1.29, 1.82) is 0 Å². The first kappa shape index (κ1) is 19.2. The Hall–Kier alpha value is -2.17. The van der Waals surface area contributed by atoms with E-state index in [0.717, 1.165) is 38.8 Å². The maximum absolute atomic E-state index is 12.6. The van der Waals surface area contributed by atoms with E-state index in [1.54, 1.807) is 7.11 Å². The number of aliphatic hydroxyl groups is 1. The largest absolute Gasteiger partial charge is 0.392 e. The van der Waals surface area contributed by atoms with Gasteiger partial charge in [-0.25, -0.2) is 0 Å². The molecule has 0 bridgehead atoms. The topological polar surface area (TPSA) is 49.8 Å². The number of methoxy groups -OCH3 is 1. The van der Waals surface area contributed by atoms with Crippen LogP contribution in [-0.2, 0) is 16.0 Å². The molecule has 1 N–H and O–H groups in total. The summed E-state index contributed by atoms with van der Waals surface area (Å²) in [5, 5.41) is 10.2. The lowest BCUT2D eigenvalue weighted by Crippen LogP contribution is -2.62. The van der Waals surface area contributed by atoms with Gasteiger partial charge in [-0.2, -0.15) is 0 Å². The van der Waals surface area contributed by atoms with E-state index >= 15 is 0 Å². The molecule has 1 spiro atoms. The Morgan fingerprint density at radius 3 is 2.32 bits per heavy atom. The minimum atomic E-state index is -0.280. The number of piperidine rings is 1. The van der Waals surface area contributed by atoms with Crippen molar-refractivity contribution in [2.75, 3.05) is 20.2 Å². The number of amides is 1. The van der Waals surface area contributed by atoms with Gasteiger partial charge < -0.3 is 14.7 Å². The van der Waals surface area contributed by atoms with Crippen molar-refractivity contribution < 1.29 is 14.6 Å². The Labute approximate surface area is 167 Å². The molecule has 4 heteroatoms. The average Bonchev–Trinajstić information content (AvgIpc) is 2.76. The van der Waals surface area contributed by atoms with Gasteiger partial charge in [-0.05, 0) is 36.0 Å². The second-order valence-electron chi connectivity index (χ2n) is 8.15. The summed E-state index contributed by atoms with van der Waals surface area (Å²) in [5.41, 5.74) is 3.47. The first-order valence-electron chi connectivity index (χ1n) is 10.3. The Kier molecular flexibility index (Phi) is 5.51. The Balaban J connectivity index is 1.28. The van der Waals surface area contributed by atoms with Crippen LogP contribution in [0.15, 0.2) is 54.6 Å². The van der Waals surface area contributed by atoms with Crippen LogP contribution in [0.2, 0.25) is 0 Å². The fraction of sp³-hybridized carbons (Fsp3) is 0.458. The van der Waals surface area contributed by atoms with Crippen LogP contribution in [0.4, 0.5) is 0 Å². The van der Waals surface area contributed by atoms with Crippen molar-refractivity contribution in [2.45, 2.75) is 44.3 Å². The second-order valence-corrected chi connectivity index (χ2v) is 8.15. The highest BCUT2D eigenvalue weighted by Gasteiger charge is 2.56. The fourth-order valence-corrected chi connectivity index (χ4v) is 4.79. The smallest absolute Gasteiger partial charge is 0.222 e. The van der Waals surface area contributed by atoms with E-state index in [1.807, 2.05) is 23.1 Å². The Bertz CT molecular complexity index is 794. The molecular weight excluding hydrogens is 350 g/mol. The molecule has 2 fully saturated rings. The lowest BCUT2D eigenvalue weighted by atomic mass is 9.58. The van der Waals surface area contributed by atoms with E-state index in [4.69, 9.17) is 4.74 Å². The van der Waals surface area contributed by atoms with Crippen LogP contribution in [0.25, 0.3) is 11.1 Å². The monoisotopic (exact) mass is 379 g/mol. The summed E-state index contributed by atoms with van der Waals surface area (Å²) in [7, 11) is 1.72. The summed E-state index contributed by atoms with van der Waals surface area (Å²) in [4.78, 5) is 14.6. The number of rotatable bonds is 5. The van der Waals surface area contributed by atoms with Crippen molar-refractivity contribution in [3.8, 4) is 11.1 Å². The molecule has 1 heterocycles. The molecule has 0 aromatic heterocycles. The standard InChI is InChI=1S/C24H29NO3/c1-28-22-17-21(26)24(22)13-15-25(16-14-24)23(27)12-9-18-7-10-20(11-8-18)19-5-3-2-4-6-19/h2-8,10-11,21-22,26H,9,12-17H2,1H3. The number of likely N-dealkylation sites (tertiary alicyclic amines) is 1. The number of carbonyl (C=O) groups excluding carboxylic acids is 1. The molecule has 2 atom stereocenters. The minimum absolute atomic E-state index is 0.126. The molecule has 2 unspecified atom stereocenters. The normalized spacial score (nSPS) is 23.4. The zero-order valence-corrected chi connectivity index (χ0v) is 16.5. The number of aryl methyl sites for hydroxylation is 1. The Morgan fingerprint density at radius 1 is 1.07 bits per heavy atom. The van der Waals surface area contributed by atoms with E-state index in [-0.39, 0.29) is 23.5 Å². The highest BCUT2D eigenvalue weighted by molar-refractivity contribution is 5.76. The van der Waals surface area contributed by atoms with Crippen LogP contribution >= 0.6 is 0 Å². The van der Waals surface area contributed by atoms with E-state index in [1.165, 1.54) is 16.7 Å². The third-order valence-corrected chi connectivity index (χ3v) is 6.76. The average molecular weight is 380 g/mol. The molecule has 4 rings (SSSR count). The van der Waals surface area contributed by atoms with E-state index in [9.17, 15) is 9.90 Å². The predicted molar refractivity (Wildman–Crippen MR) is 110 cm³/mol. The van der Waals surface area contributed by atoms with Gasteiger partial charge in [0.25, 0.3) is 0 Å². The molecule has 1 aliphatic heterocycles. The zero-order valence-electron chi connectivity index (χ0n) is 16.5. The number of aliphatic hydroxyl groups excluding tert-OH is 1. The quantitative estimate of drug-likeness (QED) is 0.862. The van der Waals surface area contributed by atoms with Crippen molar-refractivity contribution in [2.24, 2.45) is 5.41 Å². The van der Waals surface area contributed by atoms with Gasteiger partial charge in [-0.15, -0.1) is 0 Å². The van der Waals surface area contributed by atoms with Gasteiger partial charge in [-0.1, -0.05) is 54.6 Å². The number of benzene rings is 2. The van der Waals surface area contributed by atoms with Crippen LogP contribution in [0, 0.1) is 5.41 Å². The number of nitrogens with zero attached hydrogens (tertiary/aromatic N) is 1. The lowest BCUT2D eigenvalue weighted by Gasteiger charge is -2.56. The van der Waals surface area contributed by atoms with Gasteiger partial charge in [-0.3, -0.25) is 4.79 Å². The molecule has 1 saturated carbocycles. The van der Waals surface area contributed by atoms with E-state index in [0.29, 0.717) is 6.42 Å². The SMILES string of the molecule is COC1CC(O)C12CCN(C(=O)CCc1ccc(-c3ccccc3)cc1)CC2. The summed E-state index contributed by atoms with van der Waals surface area (Å²) in [6.07, 6.45) is 3.56. The van der Waals surface area contributed by atoms with Crippen LogP contribution < -0.4 is 0 Å². The molecular formula is C24H29NO3. The van der Waals surface area contributed by atoms with Gasteiger partial charge in [0, 0.05) is 38.5 Å².